The van der Waals surface area contributed by atoms with Crippen molar-refractivity contribution in [3.63, 3.8) is 0 Å². The first-order valence-electron chi connectivity index (χ1n) is 9.58. The molecule has 1 fully saturated rings. The number of anilines is 1. The van der Waals surface area contributed by atoms with Crippen LogP contribution < -0.4 is 10.6 Å². The third kappa shape index (κ3) is 4.49. The summed E-state index contributed by atoms with van der Waals surface area (Å²) in [6, 6.07) is 14.3. The van der Waals surface area contributed by atoms with Crippen LogP contribution in [0, 0.1) is 12.8 Å². The van der Waals surface area contributed by atoms with Crippen LogP contribution in [-0.4, -0.2) is 35.8 Å². The Morgan fingerprint density at radius 1 is 1.11 bits per heavy atom. The van der Waals surface area contributed by atoms with Gasteiger partial charge in [-0.05, 0) is 62.7 Å². The highest BCUT2D eigenvalue weighted by Crippen LogP contribution is 2.19. The summed E-state index contributed by atoms with van der Waals surface area (Å²) in [4.78, 5) is 14.3. The van der Waals surface area contributed by atoms with Gasteiger partial charge in [0.25, 0.3) is 0 Å². The highest BCUT2D eigenvalue weighted by Gasteiger charge is 2.22. The number of aromatic nitrogens is 1. The minimum Gasteiger partial charge on any atom is -0.361 e. The monoisotopic (exact) mass is 359 g/mol. The van der Waals surface area contributed by atoms with Gasteiger partial charge in [-0.1, -0.05) is 23.8 Å². The largest absolute Gasteiger partial charge is 0.361 e. The highest BCUT2D eigenvalue weighted by molar-refractivity contribution is 6.13. The van der Waals surface area contributed by atoms with E-state index in [0.717, 1.165) is 48.9 Å². The lowest BCUT2D eigenvalue weighted by molar-refractivity contribution is 0.455. The van der Waals surface area contributed by atoms with Crippen LogP contribution >= 0.6 is 0 Å². The van der Waals surface area contributed by atoms with E-state index in [1.165, 1.54) is 5.56 Å². The zero-order valence-electron chi connectivity index (χ0n) is 15.6. The van der Waals surface area contributed by atoms with Gasteiger partial charge in [0.05, 0.1) is 11.4 Å². The van der Waals surface area contributed by atoms with E-state index in [1.807, 2.05) is 24.3 Å². The molecule has 2 atom stereocenters. The molecule has 0 saturated carbocycles. The Hall–Kier alpha value is -2.79. The number of pyridine rings is 1. The molecule has 1 aromatic heterocycles. The van der Waals surface area contributed by atoms with E-state index in [0.29, 0.717) is 5.92 Å². The van der Waals surface area contributed by atoms with E-state index < -0.39 is 0 Å². The topological polar surface area (TPSA) is 61.7 Å². The number of hydrogen-bond donors (Lipinski definition) is 2. The van der Waals surface area contributed by atoms with E-state index in [1.54, 1.807) is 6.20 Å². The molecule has 5 nitrogen and oxygen atoms in total. The predicted molar refractivity (Wildman–Crippen MR) is 112 cm³/mol. The second-order valence-corrected chi connectivity index (χ2v) is 7.06. The molecule has 0 spiro atoms. The van der Waals surface area contributed by atoms with Gasteiger partial charge in [-0.15, -0.1) is 0 Å². The fourth-order valence-electron chi connectivity index (χ4n) is 3.38. The van der Waals surface area contributed by atoms with E-state index in [-0.39, 0.29) is 6.17 Å². The molecule has 2 N–H and O–H groups in total. The first kappa shape index (κ1) is 17.6. The van der Waals surface area contributed by atoms with Crippen molar-refractivity contribution in [1.82, 2.24) is 10.3 Å². The number of aliphatic imine (C=N–C) groups is 2. The summed E-state index contributed by atoms with van der Waals surface area (Å²) in [6.07, 6.45) is 8.02. The Bertz CT molecular complexity index is 846. The summed E-state index contributed by atoms with van der Waals surface area (Å²) >= 11 is 0. The SMILES string of the molecule is Cc1ccc(NC2C=CC(c3ccccn3)=NC(C3CCCNC3)=N2)cc1. The van der Waals surface area contributed by atoms with Crippen LogP contribution in [-0.2, 0) is 0 Å². The second kappa shape index (κ2) is 8.27. The van der Waals surface area contributed by atoms with Crippen molar-refractivity contribution in [2.75, 3.05) is 18.4 Å². The van der Waals surface area contributed by atoms with Crippen LogP contribution in [0.25, 0.3) is 0 Å². The van der Waals surface area contributed by atoms with Gasteiger partial charge in [-0.3, -0.25) is 4.98 Å². The lowest BCUT2D eigenvalue weighted by atomic mass is 9.98. The molecule has 3 heterocycles. The summed E-state index contributed by atoms with van der Waals surface area (Å²) < 4.78 is 0. The Morgan fingerprint density at radius 2 is 2.00 bits per heavy atom. The standard InChI is InChI=1S/C22H25N5/c1-16-7-9-18(10-8-16)25-21-12-11-20(19-6-2-3-14-24-19)26-22(27-21)17-5-4-13-23-15-17/h2-3,6-12,14,17,21,23,25H,4-5,13,15H2,1H3. The lowest BCUT2D eigenvalue weighted by Gasteiger charge is -2.23. The Balaban J connectivity index is 1.63. The van der Waals surface area contributed by atoms with Crippen LogP contribution in [0.2, 0.25) is 0 Å². The summed E-state index contributed by atoms with van der Waals surface area (Å²) in [7, 11) is 0. The molecule has 5 heteroatoms. The molecule has 0 aliphatic carbocycles. The minimum atomic E-state index is -0.144. The normalized spacial score (nSPS) is 22.6. The molecule has 2 aromatic rings. The molecule has 2 unspecified atom stereocenters. The molecule has 0 amide bonds. The molecule has 27 heavy (non-hydrogen) atoms. The maximum Gasteiger partial charge on any atom is 0.140 e. The van der Waals surface area contributed by atoms with Crippen molar-refractivity contribution in [1.29, 1.82) is 0 Å². The fraction of sp³-hybridized carbons (Fsp3) is 0.318. The lowest BCUT2D eigenvalue weighted by Crippen LogP contribution is -2.34. The molecular weight excluding hydrogens is 334 g/mol. The summed E-state index contributed by atoms with van der Waals surface area (Å²) in [5, 5.41) is 6.97. The molecule has 0 radical (unpaired) electrons. The molecule has 1 aromatic carbocycles. The Kier molecular flexibility index (Phi) is 5.39. The van der Waals surface area contributed by atoms with Gasteiger partial charge in [0.2, 0.25) is 0 Å². The van der Waals surface area contributed by atoms with Gasteiger partial charge in [-0.2, -0.15) is 0 Å². The van der Waals surface area contributed by atoms with Crippen LogP contribution in [0.1, 0.15) is 24.1 Å². The number of allylic oxidation sites excluding steroid dienone is 1. The van der Waals surface area contributed by atoms with Crippen molar-refractivity contribution >= 4 is 17.2 Å². The number of benzene rings is 1. The second-order valence-electron chi connectivity index (χ2n) is 7.06. The maximum absolute atomic E-state index is 4.96. The van der Waals surface area contributed by atoms with Crippen LogP contribution in [0.5, 0.6) is 0 Å². The molecular formula is C22H25N5. The van der Waals surface area contributed by atoms with Gasteiger partial charge in [0.15, 0.2) is 0 Å². The minimum absolute atomic E-state index is 0.144. The van der Waals surface area contributed by atoms with Crippen LogP contribution in [0.3, 0.4) is 0 Å². The quantitative estimate of drug-likeness (QED) is 0.877. The number of aryl methyl sites for hydroxylation is 1. The van der Waals surface area contributed by atoms with Gasteiger partial charge < -0.3 is 10.6 Å². The van der Waals surface area contributed by atoms with Crippen molar-refractivity contribution in [2.45, 2.75) is 25.9 Å². The summed E-state index contributed by atoms with van der Waals surface area (Å²) in [6.45, 7) is 4.09. The fourth-order valence-corrected chi connectivity index (χ4v) is 3.38. The van der Waals surface area contributed by atoms with E-state index in [4.69, 9.17) is 9.98 Å². The summed E-state index contributed by atoms with van der Waals surface area (Å²) in [5.74, 6) is 1.23. The van der Waals surface area contributed by atoms with Gasteiger partial charge in [0.1, 0.15) is 12.0 Å². The number of nitrogens with one attached hydrogen (secondary N) is 2. The molecule has 1 saturated heterocycles. The van der Waals surface area contributed by atoms with Gasteiger partial charge in [0, 0.05) is 24.3 Å². The number of rotatable bonds is 4. The van der Waals surface area contributed by atoms with Crippen LogP contribution in [0.4, 0.5) is 5.69 Å². The first-order chi connectivity index (χ1) is 13.3. The van der Waals surface area contributed by atoms with E-state index in [2.05, 4.69) is 52.9 Å². The average Bonchev–Trinajstić information content (AvgIpc) is 2.94. The van der Waals surface area contributed by atoms with Crippen molar-refractivity contribution in [3.8, 4) is 0 Å². The molecule has 2 aliphatic heterocycles. The average molecular weight is 359 g/mol. The molecule has 0 bridgehead atoms. The number of amidine groups is 1. The van der Waals surface area contributed by atoms with E-state index >= 15 is 0 Å². The van der Waals surface area contributed by atoms with Gasteiger partial charge in [-0.25, -0.2) is 9.98 Å². The molecule has 4 rings (SSSR count). The highest BCUT2D eigenvalue weighted by atomic mass is 15.1. The van der Waals surface area contributed by atoms with Crippen molar-refractivity contribution < 1.29 is 0 Å². The Labute approximate surface area is 160 Å². The Morgan fingerprint density at radius 3 is 2.74 bits per heavy atom. The third-order valence-corrected chi connectivity index (χ3v) is 4.90. The van der Waals surface area contributed by atoms with Gasteiger partial charge >= 0.3 is 0 Å². The number of nitrogens with zero attached hydrogens (tertiary/aromatic N) is 3. The smallest absolute Gasteiger partial charge is 0.140 e. The number of piperidine rings is 1. The zero-order valence-corrected chi connectivity index (χ0v) is 15.6. The third-order valence-electron chi connectivity index (χ3n) is 4.90. The zero-order chi connectivity index (χ0) is 18.5. The predicted octanol–water partition coefficient (Wildman–Crippen LogP) is 3.59. The van der Waals surface area contributed by atoms with Crippen molar-refractivity contribution in [2.24, 2.45) is 15.9 Å². The van der Waals surface area contributed by atoms with Crippen molar-refractivity contribution in [3.05, 3.63) is 72.1 Å². The maximum atomic E-state index is 4.96. The molecule has 2 aliphatic rings. The van der Waals surface area contributed by atoms with E-state index in [9.17, 15) is 0 Å². The summed E-state index contributed by atoms with van der Waals surface area (Å²) in [5.41, 5.74) is 4.05. The number of hydrogen-bond acceptors (Lipinski definition) is 5. The first-order valence-corrected chi connectivity index (χ1v) is 9.58. The van der Waals surface area contributed by atoms with Crippen LogP contribution in [0.15, 0.2) is 70.8 Å². The molecule has 138 valence electrons.